The van der Waals surface area contributed by atoms with E-state index in [4.69, 9.17) is 11.6 Å². The molecule has 1 unspecified atom stereocenters. The van der Waals surface area contributed by atoms with E-state index in [9.17, 15) is 5.11 Å². The van der Waals surface area contributed by atoms with Gasteiger partial charge in [0.25, 0.3) is 0 Å². The fourth-order valence-corrected chi connectivity index (χ4v) is 2.24. The van der Waals surface area contributed by atoms with E-state index in [0.717, 1.165) is 18.1 Å². The van der Waals surface area contributed by atoms with E-state index in [1.54, 1.807) is 6.07 Å². The molecule has 2 aliphatic rings. The summed E-state index contributed by atoms with van der Waals surface area (Å²) < 4.78 is 0. The van der Waals surface area contributed by atoms with Gasteiger partial charge in [0.1, 0.15) is 5.15 Å². The molecule has 2 atom stereocenters. The number of halogens is 1. The highest BCUT2D eigenvalue weighted by atomic mass is 35.5. The van der Waals surface area contributed by atoms with E-state index in [1.807, 2.05) is 6.07 Å². The first-order valence-electron chi connectivity index (χ1n) is 4.60. The van der Waals surface area contributed by atoms with Crippen molar-refractivity contribution in [2.75, 3.05) is 23.3 Å². The Morgan fingerprint density at radius 1 is 1.50 bits per heavy atom. The Morgan fingerprint density at radius 2 is 2.36 bits per heavy atom. The second-order valence-corrected chi connectivity index (χ2v) is 4.11. The number of anilines is 2. The molecule has 3 heterocycles. The summed E-state index contributed by atoms with van der Waals surface area (Å²) in [6.07, 6.45) is -0.317. The van der Waals surface area contributed by atoms with E-state index < -0.39 is 0 Å². The molecule has 2 aliphatic heterocycles. The van der Waals surface area contributed by atoms with E-state index in [0.29, 0.717) is 11.7 Å². The molecule has 0 radical (unpaired) electrons. The number of aliphatic hydroxyl groups excluding tert-OH is 1. The largest absolute Gasteiger partial charge is 0.389 e. The lowest BCUT2D eigenvalue weighted by atomic mass is 10.2. The number of aromatic nitrogens is 1. The highest BCUT2D eigenvalue weighted by molar-refractivity contribution is 6.29. The molecule has 0 amide bonds. The third kappa shape index (κ3) is 1.07. The number of rotatable bonds is 0. The number of aliphatic hydroxyl groups is 1. The molecule has 1 fully saturated rings. The van der Waals surface area contributed by atoms with Gasteiger partial charge in [0, 0.05) is 13.1 Å². The number of pyridine rings is 1. The summed E-state index contributed by atoms with van der Waals surface area (Å²) in [5, 5.41) is 13.3. The smallest absolute Gasteiger partial charge is 0.151 e. The highest BCUT2D eigenvalue weighted by Gasteiger charge is 2.37. The fourth-order valence-electron chi connectivity index (χ4n) is 2.09. The summed E-state index contributed by atoms with van der Waals surface area (Å²) in [6, 6.07) is 3.80. The number of fused-ring (bicyclic) bond motifs is 4. The third-order valence-corrected chi connectivity index (χ3v) is 3.00. The van der Waals surface area contributed by atoms with E-state index >= 15 is 0 Å². The molecule has 2 bridgehead atoms. The SMILES string of the molecule is OC1CN2C[C@@H]1Nc1nc(Cl)ccc12. The molecule has 0 spiro atoms. The summed E-state index contributed by atoms with van der Waals surface area (Å²) in [5.74, 6) is 0.783. The molecule has 1 saturated heterocycles. The van der Waals surface area contributed by atoms with Crippen molar-refractivity contribution >= 4 is 23.1 Å². The molecule has 0 aliphatic carbocycles. The normalized spacial score (nSPS) is 28.6. The third-order valence-electron chi connectivity index (χ3n) is 2.79. The van der Waals surface area contributed by atoms with Crippen LogP contribution in [0.15, 0.2) is 12.1 Å². The molecule has 74 valence electrons. The van der Waals surface area contributed by atoms with Gasteiger partial charge in [0.15, 0.2) is 5.82 Å². The lowest BCUT2D eigenvalue weighted by molar-refractivity contribution is 0.187. The summed E-state index contributed by atoms with van der Waals surface area (Å²) >= 11 is 5.80. The first-order chi connectivity index (χ1) is 6.74. The van der Waals surface area contributed by atoms with Crippen molar-refractivity contribution < 1.29 is 5.11 Å². The maximum absolute atomic E-state index is 9.68. The molecule has 14 heavy (non-hydrogen) atoms. The predicted molar refractivity (Wildman–Crippen MR) is 54.9 cm³/mol. The van der Waals surface area contributed by atoms with Crippen LogP contribution in [0, 0.1) is 0 Å². The molecule has 4 nitrogen and oxygen atoms in total. The van der Waals surface area contributed by atoms with Crippen molar-refractivity contribution in [2.45, 2.75) is 12.1 Å². The molecular formula is C9H10ClN3O. The molecule has 2 N–H and O–H groups in total. The summed E-state index contributed by atoms with van der Waals surface area (Å²) in [4.78, 5) is 6.32. The van der Waals surface area contributed by atoms with Crippen molar-refractivity contribution in [3.63, 3.8) is 0 Å². The Kier molecular flexibility index (Phi) is 1.63. The van der Waals surface area contributed by atoms with Crippen LogP contribution in [0.25, 0.3) is 0 Å². The highest BCUT2D eigenvalue weighted by Crippen LogP contribution is 2.34. The topological polar surface area (TPSA) is 48.4 Å². The summed E-state index contributed by atoms with van der Waals surface area (Å²) in [6.45, 7) is 1.52. The quantitative estimate of drug-likeness (QED) is 0.621. The van der Waals surface area contributed by atoms with Crippen molar-refractivity contribution in [1.82, 2.24) is 4.98 Å². The maximum atomic E-state index is 9.68. The van der Waals surface area contributed by atoms with Crippen LogP contribution in [0.1, 0.15) is 0 Å². The van der Waals surface area contributed by atoms with Crippen LogP contribution >= 0.6 is 11.6 Å². The minimum atomic E-state index is -0.317. The zero-order chi connectivity index (χ0) is 9.71. The van der Waals surface area contributed by atoms with Gasteiger partial charge in [-0.05, 0) is 12.1 Å². The average molecular weight is 212 g/mol. The van der Waals surface area contributed by atoms with Gasteiger partial charge in [-0.1, -0.05) is 11.6 Å². The van der Waals surface area contributed by atoms with Gasteiger partial charge in [0.2, 0.25) is 0 Å². The standard InChI is InChI=1S/C9H10ClN3O/c10-8-2-1-6-9(12-8)11-5-3-13(6)4-7(5)14/h1-2,5,7,14H,3-4H2,(H,11,12)/t5-,7?/m0/s1. The molecular weight excluding hydrogens is 202 g/mol. The lowest BCUT2D eigenvalue weighted by Gasteiger charge is -2.27. The number of nitrogens with one attached hydrogen (secondary N) is 1. The molecule has 1 aromatic heterocycles. The monoisotopic (exact) mass is 211 g/mol. The Morgan fingerprint density at radius 3 is 3.21 bits per heavy atom. The van der Waals surface area contributed by atoms with Crippen LogP contribution in [-0.2, 0) is 0 Å². The van der Waals surface area contributed by atoms with Crippen LogP contribution in [0.4, 0.5) is 11.5 Å². The first kappa shape index (κ1) is 8.32. The van der Waals surface area contributed by atoms with Crippen LogP contribution < -0.4 is 10.2 Å². The molecule has 3 rings (SSSR count). The van der Waals surface area contributed by atoms with Gasteiger partial charge in [-0.3, -0.25) is 0 Å². The van der Waals surface area contributed by atoms with Gasteiger partial charge in [-0.2, -0.15) is 0 Å². The van der Waals surface area contributed by atoms with Gasteiger partial charge < -0.3 is 15.3 Å². The Hall–Kier alpha value is -1.00. The van der Waals surface area contributed by atoms with Gasteiger partial charge >= 0.3 is 0 Å². The maximum Gasteiger partial charge on any atom is 0.151 e. The molecule has 1 aromatic rings. The second kappa shape index (κ2) is 2.74. The zero-order valence-electron chi connectivity index (χ0n) is 7.44. The van der Waals surface area contributed by atoms with Crippen molar-refractivity contribution in [3.05, 3.63) is 17.3 Å². The van der Waals surface area contributed by atoms with Crippen molar-refractivity contribution in [3.8, 4) is 0 Å². The summed E-state index contributed by atoms with van der Waals surface area (Å²) in [7, 11) is 0. The van der Waals surface area contributed by atoms with Gasteiger partial charge in [-0.15, -0.1) is 0 Å². The van der Waals surface area contributed by atoms with E-state index in [1.165, 1.54) is 0 Å². The molecule has 5 heteroatoms. The van der Waals surface area contributed by atoms with Crippen molar-refractivity contribution in [1.29, 1.82) is 0 Å². The first-order valence-corrected chi connectivity index (χ1v) is 4.98. The van der Waals surface area contributed by atoms with Gasteiger partial charge in [0.05, 0.1) is 17.8 Å². The minimum absolute atomic E-state index is 0.0912. The van der Waals surface area contributed by atoms with Crippen LogP contribution in [-0.4, -0.2) is 35.3 Å². The van der Waals surface area contributed by atoms with Crippen LogP contribution in [0.5, 0.6) is 0 Å². The Balaban J connectivity index is 2.07. The Labute approximate surface area is 86.5 Å². The number of hydrogen-bond acceptors (Lipinski definition) is 4. The molecule has 0 aromatic carbocycles. The number of nitrogens with zero attached hydrogens (tertiary/aromatic N) is 2. The lowest BCUT2D eigenvalue weighted by Crippen LogP contribution is -2.35. The van der Waals surface area contributed by atoms with Crippen molar-refractivity contribution in [2.24, 2.45) is 0 Å². The zero-order valence-corrected chi connectivity index (χ0v) is 8.20. The van der Waals surface area contributed by atoms with E-state index in [-0.39, 0.29) is 12.1 Å². The van der Waals surface area contributed by atoms with Gasteiger partial charge in [-0.25, -0.2) is 4.98 Å². The Bertz CT molecular complexity index is 382. The minimum Gasteiger partial charge on any atom is -0.389 e. The number of hydrogen-bond donors (Lipinski definition) is 2. The van der Waals surface area contributed by atoms with Crippen LogP contribution in [0.2, 0.25) is 5.15 Å². The summed E-state index contributed by atoms with van der Waals surface area (Å²) in [5.41, 5.74) is 1.03. The van der Waals surface area contributed by atoms with E-state index in [2.05, 4.69) is 15.2 Å². The van der Waals surface area contributed by atoms with Crippen LogP contribution in [0.3, 0.4) is 0 Å². The average Bonchev–Trinajstić information content (AvgIpc) is 2.43. The predicted octanol–water partition coefficient (Wildman–Crippen LogP) is 0.710. The fraction of sp³-hybridized carbons (Fsp3) is 0.444. The molecule has 0 saturated carbocycles. The second-order valence-electron chi connectivity index (χ2n) is 3.72.